The Hall–Kier alpha value is -1.88. The van der Waals surface area contributed by atoms with Crippen molar-refractivity contribution < 1.29 is 14.7 Å². The van der Waals surface area contributed by atoms with Gasteiger partial charge in [0.25, 0.3) is 0 Å². The van der Waals surface area contributed by atoms with E-state index in [0.717, 1.165) is 5.56 Å². The lowest BCUT2D eigenvalue weighted by Gasteiger charge is -2.21. The van der Waals surface area contributed by atoms with Gasteiger partial charge in [0.15, 0.2) is 0 Å². The Balaban J connectivity index is 1.68. The van der Waals surface area contributed by atoms with Crippen molar-refractivity contribution in [2.24, 2.45) is 11.8 Å². The summed E-state index contributed by atoms with van der Waals surface area (Å²) in [4.78, 5) is 25.3. The zero-order valence-corrected chi connectivity index (χ0v) is 13.3. The number of nitrogens with zero attached hydrogens (tertiary/aromatic N) is 1. The number of benzene rings is 1. The van der Waals surface area contributed by atoms with Crippen LogP contribution in [0, 0.1) is 11.8 Å². The van der Waals surface area contributed by atoms with E-state index in [1.54, 1.807) is 16.2 Å². The van der Waals surface area contributed by atoms with Crippen LogP contribution in [0.5, 0.6) is 0 Å². The summed E-state index contributed by atoms with van der Waals surface area (Å²) in [5.41, 5.74) is 1.16. The molecule has 0 aliphatic heterocycles. The first-order chi connectivity index (χ1) is 10.6. The monoisotopic (exact) mass is 317 g/mol. The molecule has 0 saturated heterocycles. The summed E-state index contributed by atoms with van der Waals surface area (Å²) in [5, 5.41) is 12.4. The van der Waals surface area contributed by atoms with Crippen molar-refractivity contribution in [3.05, 3.63) is 35.2 Å². The predicted octanol–water partition coefficient (Wildman–Crippen LogP) is 3.36. The molecule has 2 aromatic rings. The largest absolute Gasteiger partial charge is 0.481 e. The van der Waals surface area contributed by atoms with Gasteiger partial charge in [-0.15, -0.1) is 11.3 Å². The maximum atomic E-state index is 12.5. The maximum absolute atomic E-state index is 12.5. The third-order valence-corrected chi connectivity index (χ3v) is 5.49. The van der Waals surface area contributed by atoms with Gasteiger partial charge in [-0.1, -0.05) is 18.2 Å². The van der Waals surface area contributed by atoms with Crippen molar-refractivity contribution in [1.82, 2.24) is 4.90 Å². The number of amides is 1. The number of carbonyl (C=O) groups is 2. The summed E-state index contributed by atoms with van der Waals surface area (Å²) in [6.45, 7) is 0.580. The molecule has 1 aromatic carbocycles. The Bertz CT molecular complexity index is 709. The number of hydrogen-bond acceptors (Lipinski definition) is 3. The second kappa shape index (κ2) is 6.08. The molecule has 116 valence electrons. The summed E-state index contributed by atoms with van der Waals surface area (Å²) in [6.07, 6.45) is 1.77. The number of hydrogen-bond donors (Lipinski definition) is 1. The summed E-state index contributed by atoms with van der Waals surface area (Å²) in [7, 11) is 1.81. The SMILES string of the molecule is CN(Cc1csc2ccccc12)C(=O)[C@@H]1CC[C@H](C(=O)O)C1. The third-order valence-electron chi connectivity index (χ3n) is 4.48. The van der Waals surface area contributed by atoms with E-state index in [1.807, 2.05) is 19.2 Å². The molecule has 0 unspecified atom stereocenters. The van der Waals surface area contributed by atoms with Gasteiger partial charge >= 0.3 is 5.97 Å². The smallest absolute Gasteiger partial charge is 0.306 e. The molecule has 1 fully saturated rings. The highest BCUT2D eigenvalue weighted by Gasteiger charge is 2.35. The Labute approximate surface area is 133 Å². The molecule has 2 atom stereocenters. The molecule has 1 saturated carbocycles. The number of fused-ring (bicyclic) bond motifs is 1. The fourth-order valence-electron chi connectivity index (χ4n) is 3.23. The lowest BCUT2D eigenvalue weighted by molar-refractivity contribution is -0.141. The number of rotatable bonds is 4. The zero-order chi connectivity index (χ0) is 15.7. The first-order valence-corrected chi connectivity index (χ1v) is 8.37. The van der Waals surface area contributed by atoms with Gasteiger partial charge in [0.05, 0.1) is 5.92 Å². The molecule has 22 heavy (non-hydrogen) atoms. The minimum atomic E-state index is -0.776. The highest BCUT2D eigenvalue weighted by atomic mass is 32.1. The minimum absolute atomic E-state index is 0.0685. The van der Waals surface area contributed by atoms with Crippen LogP contribution in [-0.2, 0) is 16.1 Å². The van der Waals surface area contributed by atoms with Gasteiger partial charge < -0.3 is 10.0 Å². The normalized spacial score (nSPS) is 21.1. The van der Waals surface area contributed by atoms with Gasteiger partial charge in [0.2, 0.25) is 5.91 Å². The van der Waals surface area contributed by atoms with Crippen molar-refractivity contribution in [3.8, 4) is 0 Å². The molecule has 1 N–H and O–H groups in total. The van der Waals surface area contributed by atoms with Crippen LogP contribution in [0.3, 0.4) is 0 Å². The molecule has 4 nitrogen and oxygen atoms in total. The Morgan fingerprint density at radius 3 is 2.73 bits per heavy atom. The molecule has 1 amide bonds. The number of carboxylic acids is 1. The molecule has 0 radical (unpaired) electrons. The van der Waals surface area contributed by atoms with E-state index in [-0.39, 0.29) is 17.7 Å². The summed E-state index contributed by atoms with van der Waals surface area (Å²) in [6, 6.07) is 8.19. The van der Waals surface area contributed by atoms with E-state index in [2.05, 4.69) is 17.5 Å². The zero-order valence-electron chi connectivity index (χ0n) is 12.5. The highest BCUT2D eigenvalue weighted by Crippen LogP contribution is 2.33. The van der Waals surface area contributed by atoms with Crippen LogP contribution in [0.4, 0.5) is 0 Å². The lowest BCUT2D eigenvalue weighted by Crippen LogP contribution is -2.31. The van der Waals surface area contributed by atoms with Crippen molar-refractivity contribution >= 4 is 33.3 Å². The van der Waals surface area contributed by atoms with E-state index in [1.165, 1.54) is 10.1 Å². The van der Waals surface area contributed by atoms with Crippen LogP contribution < -0.4 is 0 Å². The molecule has 3 rings (SSSR count). The third kappa shape index (κ3) is 2.86. The number of carbonyl (C=O) groups excluding carboxylic acids is 1. The van der Waals surface area contributed by atoms with Crippen molar-refractivity contribution in [1.29, 1.82) is 0 Å². The first-order valence-electron chi connectivity index (χ1n) is 7.49. The van der Waals surface area contributed by atoms with Gasteiger partial charge in [-0.05, 0) is 41.7 Å². The number of aliphatic carboxylic acids is 1. The Morgan fingerprint density at radius 2 is 2.00 bits per heavy atom. The van der Waals surface area contributed by atoms with E-state index < -0.39 is 5.97 Å². The summed E-state index contributed by atoms with van der Waals surface area (Å²) < 4.78 is 1.23. The first kappa shape index (κ1) is 15.0. The molecule has 5 heteroatoms. The molecule has 1 aromatic heterocycles. The van der Waals surface area contributed by atoms with E-state index >= 15 is 0 Å². The summed E-state index contributed by atoms with van der Waals surface area (Å²) >= 11 is 1.69. The summed E-state index contributed by atoms with van der Waals surface area (Å²) in [5.74, 6) is -1.21. The second-order valence-corrected chi connectivity index (χ2v) is 6.91. The lowest BCUT2D eigenvalue weighted by atomic mass is 10.0. The molecule has 1 heterocycles. The van der Waals surface area contributed by atoms with Crippen LogP contribution in [-0.4, -0.2) is 28.9 Å². The fourth-order valence-corrected chi connectivity index (χ4v) is 4.18. The molecule has 1 aliphatic rings. The Kier molecular flexibility index (Phi) is 4.16. The topological polar surface area (TPSA) is 57.6 Å². The average molecular weight is 317 g/mol. The van der Waals surface area contributed by atoms with Gasteiger partial charge in [-0.2, -0.15) is 0 Å². The maximum Gasteiger partial charge on any atom is 0.306 e. The second-order valence-electron chi connectivity index (χ2n) is 6.00. The van der Waals surface area contributed by atoms with Crippen LogP contribution in [0.25, 0.3) is 10.1 Å². The molecule has 0 bridgehead atoms. The standard InChI is InChI=1S/C17H19NO3S/c1-18(16(19)11-6-7-12(8-11)17(20)21)9-13-10-22-15-5-3-2-4-14(13)15/h2-5,10-12H,6-9H2,1H3,(H,20,21)/t11-,12+/m1/s1. The highest BCUT2D eigenvalue weighted by molar-refractivity contribution is 7.17. The molecule has 0 spiro atoms. The van der Waals surface area contributed by atoms with E-state index in [9.17, 15) is 9.59 Å². The molecular weight excluding hydrogens is 298 g/mol. The van der Waals surface area contributed by atoms with Crippen molar-refractivity contribution in [2.45, 2.75) is 25.8 Å². The van der Waals surface area contributed by atoms with Gasteiger partial charge in [0, 0.05) is 24.2 Å². The van der Waals surface area contributed by atoms with Crippen LogP contribution >= 0.6 is 11.3 Å². The quantitative estimate of drug-likeness (QED) is 0.940. The number of thiophene rings is 1. The van der Waals surface area contributed by atoms with Gasteiger partial charge in [-0.3, -0.25) is 9.59 Å². The Morgan fingerprint density at radius 1 is 1.27 bits per heavy atom. The van der Waals surface area contributed by atoms with Crippen LogP contribution in [0.15, 0.2) is 29.6 Å². The van der Waals surface area contributed by atoms with Crippen molar-refractivity contribution in [2.75, 3.05) is 7.05 Å². The van der Waals surface area contributed by atoms with E-state index in [0.29, 0.717) is 25.8 Å². The van der Waals surface area contributed by atoms with Crippen molar-refractivity contribution in [3.63, 3.8) is 0 Å². The molecular formula is C17H19NO3S. The van der Waals surface area contributed by atoms with Crippen LogP contribution in [0.1, 0.15) is 24.8 Å². The van der Waals surface area contributed by atoms with Crippen LogP contribution in [0.2, 0.25) is 0 Å². The predicted molar refractivity (Wildman–Crippen MR) is 86.8 cm³/mol. The minimum Gasteiger partial charge on any atom is -0.481 e. The van der Waals surface area contributed by atoms with E-state index in [4.69, 9.17) is 5.11 Å². The average Bonchev–Trinajstić information content (AvgIpc) is 3.14. The molecule has 1 aliphatic carbocycles. The number of carboxylic acid groups (broad SMARTS) is 1. The fraction of sp³-hybridized carbons (Fsp3) is 0.412. The van der Waals surface area contributed by atoms with Gasteiger partial charge in [0.1, 0.15) is 0 Å². The van der Waals surface area contributed by atoms with Gasteiger partial charge in [-0.25, -0.2) is 0 Å².